The molecule has 21 heavy (non-hydrogen) atoms. The number of carbonyl (C=O) groups excluding carboxylic acids is 2. The highest BCUT2D eigenvalue weighted by atomic mass is 19.3. The van der Waals surface area contributed by atoms with Gasteiger partial charge in [-0.25, -0.2) is 0 Å². The van der Waals surface area contributed by atoms with E-state index in [1.807, 2.05) is 0 Å². The second-order valence-electron chi connectivity index (χ2n) is 4.89. The van der Waals surface area contributed by atoms with Gasteiger partial charge in [0.15, 0.2) is 0 Å². The second-order valence-corrected chi connectivity index (χ2v) is 4.89. The monoisotopic (exact) mass is 298 g/mol. The molecule has 0 spiro atoms. The summed E-state index contributed by atoms with van der Waals surface area (Å²) < 4.78 is 28.7. The smallest absolute Gasteiger partial charge is 0.387 e. The maximum absolute atomic E-state index is 12.2. The van der Waals surface area contributed by atoms with Crippen LogP contribution in [0, 0.1) is 5.92 Å². The number of hydrogen-bond donors (Lipinski definition) is 2. The molecule has 2 rings (SSSR count). The molecule has 0 bridgehead atoms. The zero-order valence-electron chi connectivity index (χ0n) is 11.4. The molecule has 114 valence electrons. The van der Waals surface area contributed by atoms with Crippen molar-refractivity contribution in [2.45, 2.75) is 26.0 Å². The standard InChI is InChI=1S/C14H16F2N2O3/c1-8(18-13(20)10-6-12(19)17-7-10)9-3-2-4-11(5-9)21-14(15)16/h2-5,8,10,14H,6-7H2,1H3,(H,17,19)(H,18,20). The first-order chi connectivity index (χ1) is 9.95. The van der Waals surface area contributed by atoms with Gasteiger partial charge in [0.05, 0.1) is 12.0 Å². The van der Waals surface area contributed by atoms with Gasteiger partial charge in [-0.15, -0.1) is 0 Å². The highest BCUT2D eigenvalue weighted by Crippen LogP contribution is 2.21. The van der Waals surface area contributed by atoms with Gasteiger partial charge in [0.1, 0.15) is 5.75 Å². The lowest BCUT2D eigenvalue weighted by atomic mass is 10.0. The molecule has 1 aliphatic heterocycles. The van der Waals surface area contributed by atoms with Crippen LogP contribution in [-0.2, 0) is 9.59 Å². The zero-order chi connectivity index (χ0) is 15.4. The fraction of sp³-hybridized carbons (Fsp3) is 0.429. The molecule has 0 saturated carbocycles. The quantitative estimate of drug-likeness (QED) is 0.867. The fourth-order valence-corrected chi connectivity index (χ4v) is 2.17. The SMILES string of the molecule is CC(NC(=O)C1CNC(=O)C1)c1cccc(OC(F)F)c1. The molecule has 2 atom stereocenters. The molecule has 0 aromatic heterocycles. The van der Waals surface area contributed by atoms with Crippen molar-refractivity contribution in [1.29, 1.82) is 0 Å². The average Bonchev–Trinajstić information content (AvgIpc) is 2.85. The van der Waals surface area contributed by atoms with E-state index in [2.05, 4.69) is 15.4 Å². The zero-order valence-corrected chi connectivity index (χ0v) is 11.4. The third-order valence-electron chi connectivity index (χ3n) is 3.29. The van der Waals surface area contributed by atoms with Crippen molar-refractivity contribution in [3.8, 4) is 5.75 Å². The Labute approximate surface area is 120 Å². The van der Waals surface area contributed by atoms with Gasteiger partial charge in [0.2, 0.25) is 11.8 Å². The molecule has 1 saturated heterocycles. The highest BCUT2D eigenvalue weighted by Gasteiger charge is 2.28. The summed E-state index contributed by atoms with van der Waals surface area (Å²) in [6.07, 6.45) is 0.174. The lowest BCUT2D eigenvalue weighted by molar-refractivity contribution is -0.127. The van der Waals surface area contributed by atoms with Crippen molar-refractivity contribution in [3.05, 3.63) is 29.8 Å². The summed E-state index contributed by atoms with van der Waals surface area (Å²) in [6.45, 7) is -0.823. The highest BCUT2D eigenvalue weighted by molar-refractivity contribution is 5.89. The molecule has 1 aliphatic rings. The molecule has 1 heterocycles. The van der Waals surface area contributed by atoms with Crippen LogP contribution in [0.2, 0.25) is 0 Å². The number of benzene rings is 1. The van der Waals surface area contributed by atoms with Gasteiger partial charge in [0, 0.05) is 13.0 Å². The number of alkyl halides is 2. The first-order valence-electron chi connectivity index (χ1n) is 6.57. The predicted octanol–water partition coefficient (Wildman–Crippen LogP) is 1.60. The van der Waals surface area contributed by atoms with Crippen LogP contribution in [0.5, 0.6) is 5.75 Å². The van der Waals surface area contributed by atoms with Crippen LogP contribution in [0.3, 0.4) is 0 Å². The van der Waals surface area contributed by atoms with Crippen molar-refractivity contribution in [1.82, 2.24) is 10.6 Å². The number of carbonyl (C=O) groups is 2. The lowest BCUT2D eigenvalue weighted by Crippen LogP contribution is -2.33. The molecule has 2 amide bonds. The lowest BCUT2D eigenvalue weighted by Gasteiger charge is -2.17. The number of amides is 2. The van der Waals surface area contributed by atoms with Crippen LogP contribution in [0.4, 0.5) is 8.78 Å². The largest absolute Gasteiger partial charge is 0.435 e. The predicted molar refractivity (Wildman–Crippen MR) is 70.7 cm³/mol. The Morgan fingerprint density at radius 2 is 2.24 bits per heavy atom. The van der Waals surface area contributed by atoms with Crippen LogP contribution in [0.1, 0.15) is 24.9 Å². The number of ether oxygens (including phenoxy) is 1. The average molecular weight is 298 g/mol. The van der Waals surface area contributed by atoms with Crippen molar-refractivity contribution in [2.75, 3.05) is 6.54 Å². The third-order valence-corrected chi connectivity index (χ3v) is 3.29. The summed E-state index contributed by atoms with van der Waals surface area (Å²) in [5.74, 6) is -0.724. The van der Waals surface area contributed by atoms with Gasteiger partial charge in [-0.1, -0.05) is 12.1 Å². The molecule has 7 heteroatoms. The van der Waals surface area contributed by atoms with Gasteiger partial charge in [-0.2, -0.15) is 8.78 Å². The van der Waals surface area contributed by atoms with E-state index in [4.69, 9.17) is 0 Å². The van der Waals surface area contributed by atoms with Crippen LogP contribution >= 0.6 is 0 Å². The molecule has 2 N–H and O–H groups in total. The molecule has 5 nitrogen and oxygen atoms in total. The summed E-state index contributed by atoms with van der Waals surface area (Å²) in [5.41, 5.74) is 0.652. The van der Waals surface area contributed by atoms with Crippen molar-refractivity contribution >= 4 is 11.8 Å². The minimum Gasteiger partial charge on any atom is -0.435 e. The summed E-state index contributed by atoms with van der Waals surface area (Å²) in [7, 11) is 0. The van der Waals surface area contributed by atoms with E-state index < -0.39 is 6.61 Å². The summed E-state index contributed by atoms with van der Waals surface area (Å²) in [6, 6.07) is 5.80. The normalized spacial score (nSPS) is 19.2. The molecule has 1 fully saturated rings. The molecule has 0 radical (unpaired) electrons. The molecule has 1 aromatic carbocycles. The first-order valence-corrected chi connectivity index (χ1v) is 6.57. The number of halogens is 2. The minimum atomic E-state index is -2.89. The summed E-state index contributed by atoms with van der Waals surface area (Å²) in [5, 5.41) is 5.36. The Balaban J connectivity index is 1.97. The number of hydrogen-bond acceptors (Lipinski definition) is 3. The fourth-order valence-electron chi connectivity index (χ4n) is 2.17. The maximum atomic E-state index is 12.2. The molecule has 0 aliphatic carbocycles. The van der Waals surface area contributed by atoms with E-state index in [0.29, 0.717) is 12.1 Å². The summed E-state index contributed by atoms with van der Waals surface area (Å²) in [4.78, 5) is 23.1. The Kier molecular flexibility index (Phi) is 4.72. The topological polar surface area (TPSA) is 67.4 Å². The molecule has 1 aromatic rings. The Hall–Kier alpha value is -2.18. The minimum absolute atomic E-state index is 0.0429. The first kappa shape index (κ1) is 15.2. The van der Waals surface area contributed by atoms with Gasteiger partial charge in [0.25, 0.3) is 0 Å². The molecular weight excluding hydrogens is 282 g/mol. The van der Waals surface area contributed by atoms with Gasteiger partial charge in [-0.3, -0.25) is 9.59 Å². The second kappa shape index (κ2) is 6.51. The number of rotatable bonds is 5. The van der Waals surface area contributed by atoms with E-state index >= 15 is 0 Å². The third kappa shape index (κ3) is 4.14. The van der Waals surface area contributed by atoms with E-state index in [0.717, 1.165) is 0 Å². The van der Waals surface area contributed by atoms with Crippen molar-refractivity contribution in [3.63, 3.8) is 0 Å². The van der Waals surface area contributed by atoms with E-state index in [1.54, 1.807) is 19.1 Å². The van der Waals surface area contributed by atoms with Gasteiger partial charge < -0.3 is 15.4 Å². The van der Waals surface area contributed by atoms with Crippen molar-refractivity contribution < 1.29 is 23.1 Å². The van der Waals surface area contributed by atoms with E-state index in [1.165, 1.54) is 12.1 Å². The van der Waals surface area contributed by atoms with Crippen molar-refractivity contribution in [2.24, 2.45) is 5.92 Å². The molecule has 2 unspecified atom stereocenters. The van der Waals surface area contributed by atoms with E-state index in [9.17, 15) is 18.4 Å². The molecular formula is C14H16F2N2O3. The van der Waals surface area contributed by atoms with Crippen LogP contribution in [0.25, 0.3) is 0 Å². The van der Waals surface area contributed by atoms with Crippen LogP contribution < -0.4 is 15.4 Å². The van der Waals surface area contributed by atoms with Crippen LogP contribution in [0.15, 0.2) is 24.3 Å². The summed E-state index contributed by atoms with van der Waals surface area (Å²) >= 11 is 0. The van der Waals surface area contributed by atoms with E-state index in [-0.39, 0.29) is 35.9 Å². The Bertz CT molecular complexity index is 537. The van der Waals surface area contributed by atoms with Crippen LogP contribution in [-0.4, -0.2) is 25.0 Å². The van der Waals surface area contributed by atoms with Gasteiger partial charge >= 0.3 is 6.61 Å². The van der Waals surface area contributed by atoms with Gasteiger partial charge in [-0.05, 0) is 24.6 Å². The Morgan fingerprint density at radius 1 is 1.48 bits per heavy atom. The Morgan fingerprint density at radius 3 is 2.86 bits per heavy atom. The maximum Gasteiger partial charge on any atom is 0.387 e. The number of nitrogens with one attached hydrogen (secondary N) is 2.